The van der Waals surface area contributed by atoms with Crippen LogP contribution in [0.15, 0.2) is 12.2 Å². The van der Waals surface area contributed by atoms with Gasteiger partial charge in [0.05, 0.1) is 7.11 Å². The lowest BCUT2D eigenvalue weighted by molar-refractivity contribution is -0.136. The molecule has 0 spiro atoms. The molecule has 3 heteroatoms. The van der Waals surface area contributed by atoms with E-state index in [1.165, 1.54) is 70.2 Å². The summed E-state index contributed by atoms with van der Waals surface area (Å²) in [4.78, 5) is 10.2. The van der Waals surface area contributed by atoms with Gasteiger partial charge in [-0.1, -0.05) is 80.8 Å². The number of unbranched alkanes of at least 4 members (excludes halogenated alkanes) is 8. The molecular formula is C16H31BrO2. The number of carbonyl (C=O) groups excluding carboxylic acids is 1. The normalized spacial score (nSPS) is 9.47. The Labute approximate surface area is 128 Å². The summed E-state index contributed by atoms with van der Waals surface area (Å²) < 4.78 is 4.27. The monoisotopic (exact) mass is 334 g/mol. The third kappa shape index (κ3) is 20.2. The zero-order valence-electron chi connectivity index (χ0n) is 13.0. The van der Waals surface area contributed by atoms with Gasteiger partial charge in [-0.25, -0.2) is 4.79 Å². The van der Waals surface area contributed by atoms with Gasteiger partial charge in [0.1, 0.15) is 0 Å². The summed E-state index contributed by atoms with van der Waals surface area (Å²) in [7, 11) is 1.33. The molecule has 0 aromatic carbocycles. The van der Waals surface area contributed by atoms with E-state index in [0.29, 0.717) is 5.57 Å². The van der Waals surface area contributed by atoms with Gasteiger partial charge in [-0.15, -0.1) is 0 Å². The highest BCUT2D eigenvalue weighted by atomic mass is 79.9. The summed E-state index contributed by atoms with van der Waals surface area (Å²) in [5.74, 6) is -0.347. The van der Waals surface area contributed by atoms with E-state index < -0.39 is 0 Å². The summed E-state index contributed by atoms with van der Waals surface area (Å²) in [6, 6.07) is 0. The number of rotatable bonds is 10. The first-order valence-corrected chi connectivity index (χ1v) is 8.52. The van der Waals surface area contributed by atoms with Crippen LogP contribution in [-0.4, -0.2) is 18.4 Å². The molecule has 0 saturated heterocycles. The van der Waals surface area contributed by atoms with E-state index in [0.717, 1.165) is 0 Å². The second-order valence-corrected chi connectivity index (χ2v) is 5.58. The molecule has 0 saturated carbocycles. The average molecular weight is 335 g/mol. The quantitative estimate of drug-likeness (QED) is 0.223. The molecule has 114 valence electrons. The summed E-state index contributed by atoms with van der Waals surface area (Å²) in [5.41, 5.74) is 0.433. The number of ether oxygens (including phenoxy) is 1. The fourth-order valence-electron chi connectivity index (χ4n) is 1.58. The zero-order valence-corrected chi connectivity index (χ0v) is 14.6. The van der Waals surface area contributed by atoms with Crippen LogP contribution in [0.2, 0.25) is 0 Å². The molecule has 0 fully saturated rings. The van der Waals surface area contributed by atoms with Crippen molar-refractivity contribution in [3.8, 4) is 0 Å². The van der Waals surface area contributed by atoms with Crippen molar-refractivity contribution in [1.82, 2.24) is 0 Å². The van der Waals surface area contributed by atoms with Crippen molar-refractivity contribution in [2.45, 2.75) is 71.6 Å². The van der Waals surface area contributed by atoms with E-state index in [2.05, 4.69) is 34.2 Å². The maximum absolute atomic E-state index is 10.2. The second kappa shape index (κ2) is 17.7. The van der Waals surface area contributed by atoms with E-state index in [1.807, 2.05) is 0 Å². The van der Waals surface area contributed by atoms with Crippen LogP contribution in [0, 0.1) is 0 Å². The summed E-state index contributed by atoms with van der Waals surface area (Å²) in [6.07, 6.45) is 12.8. The van der Waals surface area contributed by atoms with Crippen LogP contribution in [-0.2, 0) is 9.53 Å². The molecule has 0 bridgehead atoms. The molecule has 0 aliphatic carbocycles. The minimum absolute atomic E-state index is 0.347. The molecule has 0 unspecified atom stereocenters. The first kappa shape index (κ1) is 21.0. The lowest BCUT2D eigenvalue weighted by Crippen LogP contribution is -1.98. The highest BCUT2D eigenvalue weighted by Crippen LogP contribution is 2.09. The molecule has 0 aromatic rings. The third-order valence-electron chi connectivity index (χ3n) is 2.77. The van der Waals surface area contributed by atoms with Gasteiger partial charge in [0.15, 0.2) is 0 Å². The maximum atomic E-state index is 10.2. The van der Waals surface area contributed by atoms with Crippen molar-refractivity contribution in [3.05, 3.63) is 12.2 Å². The number of halogens is 1. The standard InChI is InChI=1S/C11H23Br.C5H8O2/c1-2-3-4-5-6-7-8-9-10-11-12;1-4(2)5(6)7-3/h2-11H2,1H3;1H2,2-3H3. The predicted octanol–water partition coefficient (Wildman–Crippen LogP) is 5.65. The van der Waals surface area contributed by atoms with E-state index in [9.17, 15) is 4.79 Å². The Morgan fingerprint density at radius 1 is 1.00 bits per heavy atom. The Morgan fingerprint density at radius 3 is 1.68 bits per heavy atom. The van der Waals surface area contributed by atoms with E-state index in [4.69, 9.17) is 0 Å². The Hall–Kier alpha value is -0.310. The smallest absolute Gasteiger partial charge is 0.332 e. The number of hydrogen-bond acceptors (Lipinski definition) is 2. The minimum Gasteiger partial charge on any atom is -0.466 e. The van der Waals surface area contributed by atoms with Crippen LogP contribution >= 0.6 is 15.9 Å². The molecule has 0 aliphatic rings. The number of alkyl halides is 1. The molecular weight excluding hydrogens is 304 g/mol. The highest BCUT2D eigenvalue weighted by Gasteiger charge is 1.95. The Bertz CT molecular complexity index is 205. The number of methoxy groups -OCH3 is 1. The molecule has 0 radical (unpaired) electrons. The molecule has 0 aliphatic heterocycles. The molecule has 0 rings (SSSR count). The van der Waals surface area contributed by atoms with Gasteiger partial charge in [0.2, 0.25) is 0 Å². The first-order chi connectivity index (χ1) is 9.09. The van der Waals surface area contributed by atoms with Crippen LogP contribution in [0.3, 0.4) is 0 Å². The van der Waals surface area contributed by atoms with Gasteiger partial charge in [-0.3, -0.25) is 0 Å². The molecule has 0 amide bonds. The average Bonchev–Trinajstić information content (AvgIpc) is 2.41. The van der Waals surface area contributed by atoms with Gasteiger partial charge in [-0.2, -0.15) is 0 Å². The second-order valence-electron chi connectivity index (χ2n) is 4.79. The molecule has 2 nitrogen and oxygen atoms in total. The summed E-state index contributed by atoms with van der Waals surface area (Å²) in [6.45, 7) is 7.23. The van der Waals surface area contributed by atoms with Crippen LogP contribution in [0.1, 0.15) is 71.6 Å². The van der Waals surface area contributed by atoms with E-state index in [-0.39, 0.29) is 5.97 Å². The number of esters is 1. The van der Waals surface area contributed by atoms with Crippen molar-refractivity contribution in [1.29, 1.82) is 0 Å². The Morgan fingerprint density at radius 2 is 1.42 bits per heavy atom. The van der Waals surface area contributed by atoms with E-state index >= 15 is 0 Å². The van der Waals surface area contributed by atoms with Gasteiger partial charge >= 0.3 is 5.97 Å². The molecule has 0 heterocycles. The van der Waals surface area contributed by atoms with Crippen molar-refractivity contribution >= 4 is 21.9 Å². The Balaban J connectivity index is 0. The maximum Gasteiger partial charge on any atom is 0.332 e. The first-order valence-electron chi connectivity index (χ1n) is 7.39. The van der Waals surface area contributed by atoms with Crippen molar-refractivity contribution in [2.24, 2.45) is 0 Å². The van der Waals surface area contributed by atoms with Gasteiger partial charge in [0.25, 0.3) is 0 Å². The lowest BCUT2D eigenvalue weighted by Gasteiger charge is -1.99. The van der Waals surface area contributed by atoms with Crippen LogP contribution in [0.25, 0.3) is 0 Å². The molecule has 0 atom stereocenters. The largest absolute Gasteiger partial charge is 0.466 e. The minimum atomic E-state index is -0.347. The highest BCUT2D eigenvalue weighted by molar-refractivity contribution is 9.09. The summed E-state index contributed by atoms with van der Waals surface area (Å²) >= 11 is 3.45. The third-order valence-corrected chi connectivity index (χ3v) is 3.33. The van der Waals surface area contributed by atoms with Crippen molar-refractivity contribution in [2.75, 3.05) is 12.4 Å². The van der Waals surface area contributed by atoms with Gasteiger partial charge < -0.3 is 4.74 Å². The topological polar surface area (TPSA) is 26.3 Å². The Kier molecular flexibility index (Phi) is 19.5. The molecule has 0 N–H and O–H groups in total. The fourth-order valence-corrected chi connectivity index (χ4v) is 1.98. The van der Waals surface area contributed by atoms with Gasteiger partial charge in [-0.05, 0) is 13.3 Å². The SMILES string of the molecule is C=C(C)C(=O)OC.CCCCCCCCCCCBr. The lowest BCUT2D eigenvalue weighted by atomic mass is 10.1. The van der Waals surface area contributed by atoms with Crippen LogP contribution in [0.5, 0.6) is 0 Å². The zero-order chi connectivity index (χ0) is 14.9. The molecule has 19 heavy (non-hydrogen) atoms. The number of carbonyl (C=O) groups is 1. The van der Waals surface area contributed by atoms with Gasteiger partial charge in [0, 0.05) is 10.9 Å². The van der Waals surface area contributed by atoms with Crippen LogP contribution < -0.4 is 0 Å². The van der Waals surface area contributed by atoms with Crippen LogP contribution in [0.4, 0.5) is 0 Å². The number of hydrogen-bond donors (Lipinski definition) is 0. The molecule has 0 aromatic heterocycles. The fraction of sp³-hybridized carbons (Fsp3) is 0.812. The van der Waals surface area contributed by atoms with E-state index in [1.54, 1.807) is 6.92 Å². The predicted molar refractivity (Wildman–Crippen MR) is 87.9 cm³/mol. The van der Waals surface area contributed by atoms with Crippen molar-refractivity contribution in [3.63, 3.8) is 0 Å². The summed E-state index contributed by atoms with van der Waals surface area (Å²) in [5, 5.41) is 1.18. The van der Waals surface area contributed by atoms with Crippen molar-refractivity contribution < 1.29 is 9.53 Å².